The summed E-state index contributed by atoms with van der Waals surface area (Å²) in [6.45, 7) is 14.1. The quantitative estimate of drug-likeness (QED) is 0.635. The minimum Gasteiger partial charge on any atom is -0.375 e. The molecule has 0 heterocycles. The molecule has 0 N–H and O–H groups in total. The molecule has 0 saturated heterocycles. The summed E-state index contributed by atoms with van der Waals surface area (Å²) >= 11 is 0. The van der Waals surface area contributed by atoms with Crippen LogP contribution in [0.2, 0.25) is 0 Å². The topological polar surface area (TPSA) is 9.23 Å². The number of hydrogen-bond donors (Lipinski definition) is 0. The van der Waals surface area contributed by atoms with Crippen LogP contribution in [0.1, 0.15) is 60.8 Å². The van der Waals surface area contributed by atoms with E-state index in [1.54, 1.807) is 0 Å². The van der Waals surface area contributed by atoms with Crippen LogP contribution >= 0.6 is 0 Å². The van der Waals surface area contributed by atoms with E-state index in [9.17, 15) is 0 Å². The molecular formula is C15H28O. The monoisotopic (exact) mass is 224 g/mol. The van der Waals surface area contributed by atoms with E-state index in [1.165, 1.54) is 19.3 Å². The predicted molar refractivity (Wildman–Crippen MR) is 70.6 cm³/mol. The summed E-state index contributed by atoms with van der Waals surface area (Å²) in [5.41, 5.74) is 0.777. The third-order valence-electron chi connectivity index (χ3n) is 2.94. The van der Waals surface area contributed by atoms with Gasteiger partial charge in [0.1, 0.15) is 0 Å². The van der Waals surface area contributed by atoms with Crippen LogP contribution in [0.4, 0.5) is 0 Å². The minimum absolute atomic E-state index is 0.00330. The Bertz CT molecular complexity index is 246. The molecule has 0 radical (unpaired) electrons. The van der Waals surface area contributed by atoms with Crippen molar-refractivity contribution in [2.75, 3.05) is 6.61 Å². The van der Waals surface area contributed by atoms with Gasteiger partial charge in [-0.05, 0) is 50.9 Å². The first-order chi connectivity index (χ1) is 7.12. The lowest BCUT2D eigenvalue weighted by Gasteiger charge is -2.23. The van der Waals surface area contributed by atoms with Crippen LogP contribution in [0.25, 0.3) is 0 Å². The van der Waals surface area contributed by atoms with E-state index in [1.807, 2.05) is 0 Å². The van der Waals surface area contributed by atoms with Crippen LogP contribution < -0.4 is 0 Å². The highest BCUT2D eigenvalue weighted by atomic mass is 16.5. The molecule has 94 valence electrons. The molecule has 0 amide bonds. The van der Waals surface area contributed by atoms with Crippen molar-refractivity contribution in [2.45, 2.75) is 66.4 Å². The van der Waals surface area contributed by atoms with Crippen LogP contribution in [0.15, 0.2) is 12.2 Å². The van der Waals surface area contributed by atoms with E-state index in [-0.39, 0.29) is 5.60 Å². The average molecular weight is 224 g/mol. The van der Waals surface area contributed by atoms with Crippen molar-refractivity contribution in [3.8, 4) is 0 Å². The van der Waals surface area contributed by atoms with Gasteiger partial charge in [-0.1, -0.05) is 32.9 Å². The van der Waals surface area contributed by atoms with Crippen LogP contribution in [-0.2, 0) is 4.74 Å². The van der Waals surface area contributed by atoms with Crippen molar-refractivity contribution in [1.29, 1.82) is 0 Å². The highest BCUT2D eigenvalue weighted by molar-refractivity contribution is 5.02. The molecule has 1 saturated carbocycles. The van der Waals surface area contributed by atoms with Crippen molar-refractivity contribution in [2.24, 2.45) is 10.8 Å². The van der Waals surface area contributed by atoms with Gasteiger partial charge in [-0.2, -0.15) is 0 Å². The molecule has 1 heteroatoms. The third kappa shape index (κ3) is 5.69. The summed E-state index contributed by atoms with van der Waals surface area (Å²) < 4.78 is 5.91. The predicted octanol–water partition coefficient (Wildman–Crippen LogP) is 4.57. The van der Waals surface area contributed by atoms with Gasteiger partial charge in [0.2, 0.25) is 0 Å². The molecule has 16 heavy (non-hydrogen) atoms. The minimum atomic E-state index is 0.00330. The van der Waals surface area contributed by atoms with E-state index in [4.69, 9.17) is 4.74 Å². The first kappa shape index (κ1) is 13.8. The van der Waals surface area contributed by atoms with Crippen LogP contribution in [0.5, 0.6) is 0 Å². The summed E-state index contributed by atoms with van der Waals surface area (Å²) in [5, 5.41) is 0. The zero-order chi connectivity index (χ0) is 12.4. The van der Waals surface area contributed by atoms with Gasteiger partial charge in [0.15, 0.2) is 0 Å². The van der Waals surface area contributed by atoms with Crippen LogP contribution in [0, 0.1) is 10.8 Å². The standard InChI is InChI=1S/C15H28O/c1-13(2,3)8-7-9-15(10-11-15)12-16-14(4,5)6/h7-8H,9-12H2,1-6H3. The zero-order valence-corrected chi connectivity index (χ0v) is 11.9. The first-order valence-corrected chi connectivity index (χ1v) is 6.44. The van der Waals surface area contributed by atoms with Gasteiger partial charge in [-0.3, -0.25) is 0 Å². The van der Waals surface area contributed by atoms with Gasteiger partial charge < -0.3 is 4.74 Å². The van der Waals surface area contributed by atoms with E-state index < -0.39 is 0 Å². The van der Waals surface area contributed by atoms with Crippen molar-refractivity contribution >= 4 is 0 Å². The molecule has 0 bridgehead atoms. The maximum absolute atomic E-state index is 5.91. The molecule has 0 aromatic carbocycles. The molecule has 0 spiro atoms. The SMILES string of the molecule is CC(C)(C)C=CCC1(COC(C)(C)C)CC1. The molecule has 0 aromatic heterocycles. The third-order valence-corrected chi connectivity index (χ3v) is 2.94. The normalized spacial score (nSPS) is 20.4. The molecule has 0 aromatic rings. The van der Waals surface area contributed by atoms with Crippen LogP contribution in [0.3, 0.4) is 0 Å². The van der Waals surface area contributed by atoms with E-state index in [0.29, 0.717) is 10.8 Å². The zero-order valence-electron chi connectivity index (χ0n) is 11.9. The number of rotatable bonds is 4. The van der Waals surface area contributed by atoms with Crippen LogP contribution in [-0.4, -0.2) is 12.2 Å². The first-order valence-electron chi connectivity index (χ1n) is 6.44. The van der Waals surface area contributed by atoms with E-state index >= 15 is 0 Å². The van der Waals surface area contributed by atoms with Crippen molar-refractivity contribution in [1.82, 2.24) is 0 Å². The Morgan fingerprint density at radius 1 is 1.06 bits per heavy atom. The second kappa shape index (κ2) is 4.52. The summed E-state index contributed by atoms with van der Waals surface area (Å²) in [4.78, 5) is 0. The average Bonchev–Trinajstić information content (AvgIpc) is 2.79. The summed E-state index contributed by atoms with van der Waals surface area (Å²) in [7, 11) is 0. The molecule has 0 aliphatic heterocycles. The molecule has 0 unspecified atom stereocenters. The molecule has 1 fully saturated rings. The maximum Gasteiger partial charge on any atom is 0.0598 e. The fraction of sp³-hybridized carbons (Fsp3) is 0.867. The second-order valence-electron chi connectivity index (χ2n) is 7.37. The lowest BCUT2D eigenvalue weighted by Crippen LogP contribution is -2.24. The molecule has 0 atom stereocenters. The smallest absolute Gasteiger partial charge is 0.0598 e. The number of hydrogen-bond acceptors (Lipinski definition) is 1. The van der Waals surface area contributed by atoms with E-state index in [0.717, 1.165) is 6.61 Å². The second-order valence-corrected chi connectivity index (χ2v) is 7.37. The fourth-order valence-corrected chi connectivity index (χ4v) is 1.62. The lowest BCUT2D eigenvalue weighted by atomic mass is 9.94. The lowest BCUT2D eigenvalue weighted by molar-refractivity contribution is -0.0274. The largest absolute Gasteiger partial charge is 0.375 e. The fourth-order valence-electron chi connectivity index (χ4n) is 1.62. The molecule has 1 aliphatic carbocycles. The van der Waals surface area contributed by atoms with Gasteiger partial charge >= 0.3 is 0 Å². The summed E-state index contributed by atoms with van der Waals surface area (Å²) in [6, 6.07) is 0. The Morgan fingerprint density at radius 3 is 2.00 bits per heavy atom. The Labute approximate surface area is 101 Å². The molecule has 1 nitrogen and oxygen atoms in total. The van der Waals surface area contributed by atoms with Crippen molar-refractivity contribution in [3.05, 3.63) is 12.2 Å². The Kier molecular flexibility index (Phi) is 3.89. The Balaban J connectivity index is 2.34. The highest BCUT2D eigenvalue weighted by Gasteiger charge is 2.42. The summed E-state index contributed by atoms with van der Waals surface area (Å²) in [6.07, 6.45) is 8.51. The summed E-state index contributed by atoms with van der Waals surface area (Å²) in [5.74, 6) is 0. The van der Waals surface area contributed by atoms with Gasteiger partial charge in [0.25, 0.3) is 0 Å². The number of ether oxygens (including phenoxy) is 1. The Morgan fingerprint density at radius 2 is 1.62 bits per heavy atom. The molecule has 1 aliphatic rings. The maximum atomic E-state index is 5.91. The van der Waals surface area contributed by atoms with Crippen molar-refractivity contribution in [3.63, 3.8) is 0 Å². The molecule has 1 rings (SSSR count). The van der Waals surface area contributed by atoms with Gasteiger partial charge in [0, 0.05) is 0 Å². The Hall–Kier alpha value is -0.300. The molecular weight excluding hydrogens is 196 g/mol. The van der Waals surface area contributed by atoms with Gasteiger partial charge in [-0.15, -0.1) is 0 Å². The van der Waals surface area contributed by atoms with E-state index in [2.05, 4.69) is 53.7 Å². The van der Waals surface area contributed by atoms with Gasteiger partial charge in [0.05, 0.1) is 12.2 Å². The highest BCUT2D eigenvalue weighted by Crippen LogP contribution is 2.50. The van der Waals surface area contributed by atoms with Crippen molar-refractivity contribution < 1.29 is 4.74 Å². The van der Waals surface area contributed by atoms with Gasteiger partial charge in [-0.25, -0.2) is 0 Å². The number of allylic oxidation sites excluding steroid dienone is 2.